The van der Waals surface area contributed by atoms with Crippen LogP contribution in [0, 0.1) is 0 Å². The number of rotatable bonds is 14. The van der Waals surface area contributed by atoms with Crippen LogP contribution in [0.15, 0.2) is 72.9 Å². The zero-order chi connectivity index (χ0) is 38.8. The molecule has 12 heteroatoms. The molecule has 5 heterocycles. The van der Waals surface area contributed by atoms with E-state index in [2.05, 4.69) is 64.8 Å². The molecule has 292 valence electrons. The van der Waals surface area contributed by atoms with Crippen LogP contribution in [0.4, 0.5) is 5.69 Å². The first-order valence-electron chi connectivity index (χ1n) is 20.0. The first kappa shape index (κ1) is 37.6. The number of aryl methyl sites for hydroxylation is 2. The second kappa shape index (κ2) is 16.4. The van der Waals surface area contributed by atoms with E-state index in [1.165, 1.54) is 12.0 Å². The third kappa shape index (κ3) is 7.73. The van der Waals surface area contributed by atoms with E-state index in [-0.39, 0.29) is 24.1 Å². The molecule has 2 aromatic heterocycles. The van der Waals surface area contributed by atoms with E-state index in [0.29, 0.717) is 50.4 Å². The Kier molecular flexibility index (Phi) is 11.0. The number of hydrogen-bond acceptors (Lipinski definition) is 9. The normalized spacial score (nSPS) is 18.4. The molecule has 0 radical (unpaired) electrons. The Balaban J connectivity index is 1.18. The van der Waals surface area contributed by atoms with Gasteiger partial charge < -0.3 is 30.7 Å². The molecule has 56 heavy (non-hydrogen) atoms. The second-order valence-corrected chi connectivity index (χ2v) is 15.3. The Hall–Kier alpha value is -5.30. The van der Waals surface area contributed by atoms with Crippen molar-refractivity contribution in [3.8, 4) is 16.9 Å². The van der Waals surface area contributed by atoms with Crippen LogP contribution in [-0.4, -0.2) is 87.9 Å². The van der Waals surface area contributed by atoms with Crippen LogP contribution in [0.1, 0.15) is 76.2 Å². The largest absolute Gasteiger partial charge is 0.496 e. The molecule has 3 aliphatic heterocycles. The van der Waals surface area contributed by atoms with Crippen molar-refractivity contribution in [1.82, 2.24) is 29.9 Å². The molecule has 3 saturated heterocycles. The highest BCUT2D eigenvalue weighted by Crippen LogP contribution is 2.36. The summed E-state index contributed by atoms with van der Waals surface area (Å²) in [5.41, 5.74) is 14.2. The first-order valence-corrected chi connectivity index (χ1v) is 20.0. The number of ether oxygens (including phenoxy) is 2. The van der Waals surface area contributed by atoms with Gasteiger partial charge in [-0.3, -0.25) is 14.5 Å². The summed E-state index contributed by atoms with van der Waals surface area (Å²) in [5, 5.41) is 13.1. The molecule has 8 rings (SSSR count). The molecule has 12 nitrogen and oxygen atoms in total. The number of primary amides is 1. The van der Waals surface area contributed by atoms with Gasteiger partial charge in [-0.25, -0.2) is 9.67 Å². The van der Waals surface area contributed by atoms with Gasteiger partial charge in [-0.15, -0.1) is 0 Å². The maximum absolute atomic E-state index is 14.8. The Morgan fingerprint density at radius 1 is 1.02 bits per heavy atom. The highest BCUT2D eigenvalue weighted by atomic mass is 16.5. The summed E-state index contributed by atoms with van der Waals surface area (Å²) in [7, 11) is 1.70. The predicted octanol–water partition coefficient (Wildman–Crippen LogP) is 5.77. The molecule has 2 amide bonds. The lowest BCUT2D eigenvalue weighted by molar-refractivity contribution is 0.0730. The zero-order valence-electron chi connectivity index (χ0n) is 32.6. The fraction of sp³-hybridized carbons (Fsp3) is 0.409. The van der Waals surface area contributed by atoms with Gasteiger partial charge in [0.15, 0.2) is 5.65 Å². The van der Waals surface area contributed by atoms with Crippen molar-refractivity contribution in [1.29, 1.82) is 0 Å². The van der Waals surface area contributed by atoms with Crippen molar-refractivity contribution in [3.63, 3.8) is 0 Å². The third-order valence-electron chi connectivity index (χ3n) is 11.6. The van der Waals surface area contributed by atoms with E-state index in [1.807, 2.05) is 27.9 Å². The predicted molar refractivity (Wildman–Crippen MR) is 218 cm³/mol. The Morgan fingerprint density at radius 2 is 1.84 bits per heavy atom. The van der Waals surface area contributed by atoms with Gasteiger partial charge in [0.1, 0.15) is 5.75 Å². The molecule has 0 saturated carbocycles. The van der Waals surface area contributed by atoms with Crippen LogP contribution < -0.4 is 21.1 Å². The summed E-state index contributed by atoms with van der Waals surface area (Å²) in [4.78, 5) is 36.6. The number of benzene rings is 3. The van der Waals surface area contributed by atoms with Crippen molar-refractivity contribution < 1.29 is 19.1 Å². The maximum Gasteiger partial charge on any atom is 0.254 e. The molecule has 3 aliphatic rings. The van der Waals surface area contributed by atoms with Gasteiger partial charge in [-0.05, 0) is 85.7 Å². The Morgan fingerprint density at radius 3 is 2.57 bits per heavy atom. The van der Waals surface area contributed by atoms with Crippen LogP contribution in [0.25, 0.3) is 22.2 Å². The van der Waals surface area contributed by atoms with E-state index in [4.69, 9.17) is 20.2 Å². The number of nitrogens with one attached hydrogen (secondary N) is 2. The van der Waals surface area contributed by atoms with E-state index in [1.54, 1.807) is 31.4 Å². The molecule has 5 aromatic rings. The molecule has 2 bridgehead atoms. The quantitative estimate of drug-likeness (QED) is 0.129. The van der Waals surface area contributed by atoms with E-state index in [9.17, 15) is 9.59 Å². The molecular formula is C44H52N8O4. The van der Waals surface area contributed by atoms with Crippen molar-refractivity contribution in [2.24, 2.45) is 5.73 Å². The molecule has 0 aliphatic carbocycles. The van der Waals surface area contributed by atoms with Gasteiger partial charge in [0, 0.05) is 92.0 Å². The lowest BCUT2D eigenvalue weighted by Gasteiger charge is -2.29. The summed E-state index contributed by atoms with van der Waals surface area (Å²) in [5.74, 6) is -0.0348. The average Bonchev–Trinajstić information content (AvgIpc) is 3.98. The summed E-state index contributed by atoms with van der Waals surface area (Å²) in [6.07, 6.45) is 5.52. The van der Waals surface area contributed by atoms with Crippen LogP contribution in [0.2, 0.25) is 0 Å². The molecular weight excluding hydrogens is 705 g/mol. The number of hydrogen-bond donors (Lipinski definition) is 3. The van der Waals surface area contributed by atoms with Crippen LogP contribution in [-0.2, 0) is 37.3 Å². The number of pyridine rings is 1. The topological polar surface area (TPSA) is 140 Å². The van der Waals surface area contributed by atoms with Crippen molar-refractivity contribution in [2.75, 3.05) is 38.7 Å². The standard InChI is InChI=1S/C44H52N8O4/c1-4-39-38(41(48-33-14-16-56-17-15-33)37-23-47-52(5-2)43(37)49-39)27-51(44(54)32-11-7-10-31(20-32)42(45)53)25-29-12-13-40(55-3)36(19-29)30-9-6-8-28(18-30)24-50-26-34-21-35(50)22-46-34/h6-13,18-20,23,33-35,46H,4-5,14-17,21-22,24-27H2,1-3H3,(H2,45,53)(H,48,49)/t34-,35+/m0/s1. The number of nitrogens with two attached hydrogens (primary N) is 1. The number of carbonyl (C=O) groups excluding carboxylic acids is 2. The van der Waals surface area contributed by atoms with Crippen LogP contribution in [0.3, 0.4) is 0 Å². The Bertz CT molecular complexity index is 2230. The highest BCUT2D eigenvalue weighted by molar-refractivity contribution is 5.99. The number of amides is 2. The number of nitrogens with zero attached hydrogens (tertiary/aromatic N) is 5. The number of likely N-dealkylation sites (tertiary alicyclic amines) is 1. The van der Waals surface area contributed by atoms with Gasteiger partial charge in [0.05, 0.1) is 30.9 Å². The minimum atomic E-state index is -0.582. The number of fused-ring (bicyclic) bond motifs is 3. The molecule has 3 aromatic carbocycles. The van der Waals surface area contributed by atoms with Crippen molar-refractivity contribution >= 4 is 28.5 Å². The lowest BCUT2D eigenvalue weighted by atomic mass is 9.98. The van der Waals surface area contributed by atoms with Gasteiger partial charge in [-0.1, -0.05) is 37.3 Å². The Labute approximate surface area is 328 Å². The number of anilines is 1. The maximum atomic E-state index is 14.8. The summed E-state index contributed by atoms with van der Waals surface area (Å²) >= 11 is 0. The van der Waals surface area contributed by atoms with Crippen LogP contribution in [0.5, 0.6) is 5.75 Å². The van der Waals surface area contributed by atoms with Crippen molar-refractivity contribution in [3.05, 3.63) is 106 Å². The smallest absolute Gasteiger partial charge is 0.254 e. The van der Waals surface area contributed by atoms with Crippen LogP contribution >= 0.6 is 0 Å². The highest BCUT2D eigenvalue weighted by Gasteiger charge is 2.37. The summed E-state index contributed by atoms with van der Waals surface area (Å²) in [6, 6.07) is 22.9. The monoisotopic (exact) mass is 756 g/mol. The fourth-order valence-electron chi connectivity index (χ4n) is 8.67. The van der Waals surface area contributed by atoms with E-state index in [0.717, 1.165) is 82.9 Å². The van der Waals surface area contributed by atoms with E-state index >= 15 is 0 Å². The molecule has 2 atom stereocenters. The number of aromatic nitrogens is 3. The third-order valence-corrected chi connectivity index (χ3v) is 11.6. The SMILES string of the molecule is CCc1nc2c(cnn2CC)c(NC2CCOCC2)c1CN(Cc1ccc(OC)c(-c2cccc(CN3C[C@@H]4C[C@@H]3CN4)c2)c1)C(=O)c1cccc(C(N)=O)c1. The molecule has 0 unspecified atom stereocenters. The number of carbonyl (C=O) groups is 2. The zero-order valence-corrected chi connectivity index (χ0v) is 32.6. The first-order chi connectivity index (χ1) is 27.3. The minimum absolute atomic E-state index is 0.205. The number of methoxy groups -OCH3 is 1. The molecule has 3 fully saturated rings. The second-order valence-electron chi connectivity index (χ2n) is 15.3. The summed E-state index contributed by atoms with van der Waals surface area (Å²) in [6.45, 7) is 9.85. The van der Waals surface area contributed by atoms with Crippen molar-refractivity contribution in [2.45, 2.75) is 83.8 Å². The number of piperazine rings is 1. The van der Waals surface area contributed by atoms with Gasteiger partial charge >= 0.3 is 0 Å². The van der Waals surface area contributed by atoms with Gasteiger partial charge in [0.25, 0.3) is 5.91 Å². The van der Waals surface area contributed by atoms with Gasteiger partial charge in [0.2, 0.25) is 5.91 Å². The van der Waals surface area contributed by atoms with Gasteiger partial charge in [-0.2, -0.15) is 5.10 Å². The van der Waals surface area contributed by atoms with E-state index < -0.39 is 5.91 Å². The molecule has 4 N–H and O–H groups in total. The minimum Gasteiger partial charge on any atom is -0.496 e. The fourth-order valence-corrected chi connectivity index (χ4v) is 8.67. The average molecular weight is 757 g/mol. The lowest BCUT2D eigenvalue weighted by Crippen LogP contribution is -2.42. The molecule has 0 spiro atoms. The summed E-state index contributed by atoms with van der Waals surface area (Å²) < 4.78 is 13.5.